The van der Waals surface area contributed by atoms with Gasteiger partial charge in [-0.2, -0.15) is 5.10 Å². The topological polar surface area (TPSA) is 48.7 Å². The molecule has 1 N–H and O–H groups in total. The van der Waals surface area contributed by atoms with Gasteiger partial charge in [-0.05, 0) is 31.5 Å². The molecule has 6 heteroatoms. The van der Waals surface area contributed by atoms with Crippen molar-refractivity contribution in [2.24, 2.45) is 4.99 Å². The van der Waals surface area contributed by atoms with E-state index in [-0.39, 0.29) is 5.66 Å². The van der Waals surface area contributed by atoms with Crippen molar-refractivity contribution < 1.29 is 0 Å². The average Bonchev–Trinajstić information content (AvgIpc) is 3.44. The molecule has 0 atom stereocenters. The summed E-state index contributed by atoms with van der Waals surface area (Å²) in [4.78, 5) is 10.0. The molecular weight excluding hydrogens is 408 g/mol. The van der Waals surface area contributed by atoms with Crippen molar-refractivity contribution in [3.63, 3.8) is 0 Å². The Kier molecular flexibility index (Phi) is 4.98. The lowest BCUT2D eigenvalue weighted by Gasteiger charge is -2.52. The highest BCUT2D eigenvalue weighted by molar-refractivity contribution is 6.06. The number of rotatable bonds is 4. The smallest absolute Gasteiger partial charge is 0.134 e. The van der Waals surface area contributed by atoms with E-state index in [0.29, 0.717) is 0 Å². The summed E-state index contributed by atoms with van der Waals surface area (Å²) >= 11 is 0. The number of fused-ring (bicyclic) bond motifs is 4. The molecule has 0 saturated carbocycles. The normalized spacial score (nSPS) is 19.2. The fourth-order valence-corrected chi connectivity index (χ4v) is 5.77. The maximum Gasteiger partial charge on any atom is 0.134 e. The molecule has 0 radical (unpaired) electrons. The van der Waals surface area contributed by atoms with Gasteiger partial charge in [0.2, 0.25) is 0 Å². The first-order valence-electron chi connectivity index (χ1n) is 12.1. The molecule has 0 bridgehead atoms. The van der Waals surface area contributed by atoms with E-state index in [9.17, 15) is 0 Å². The molecule has 1 fully saturated rings. The molecule has 0 amide bonds. The van der Waals surface area contributed by atoms with Gasteiger partial charge in [0.25, 0.3) is 0 Å². The first-order valence-corrected chi connectivity index (χ1v) is 12.1. The Morgan fingerprint density at radius 1 is 0.909 bits per heavy atom. The minimum Gasteiger partial charge on any atom is -0.362 e. The van der Waals surface area contributed by atoms with Gasteiger partial charge in [-0.15, -0.1) is 0 Å². The van der Waals surface area contributed by atoms with Crippen molar-refractivity contribution >= 4 is 11.5 Å². The molecule has 0 aliphatic carbocycles. The van der Waals surface area contributed by atoms with E-state index < -0.39 is 0 Å². The Morgan fingerprint density at radius 2 is 1.67 bits per heavy atom. The Balaban J connectivity index is 1.17. The highest BCUT2D eigenvalue weighted by Gasteiger charge is 2.46. The molecule has 170 valence electrons. The average molecular weight is 441 g/mol. The summed E-state index contributed by atoms with van der Waals surface area (Å²) in [5, 5.41) is 8.80. The monoisotopic (exact) mass is 440 g/mol. The van der Waals surface area contributed by atoms with Gasteiger partial charge in [-0.1, -0.05) is 42.5 Å². The van der Waals surface area contributed by atoms with Gasteiger partial charge in [-0.25, -0.2) is 0 Å². The second-order valence-electron chi connectivity index (χ2n) is 9.63. The second-order valence-corrected chi connectivity index (χ2v) is 9.63. The lowest BCUT2D eigenvalue weighted by atomic mass is 9.90. The van der Waals surface area contributed by atoms with Crippen LogP contribution in [0.4, 0.5) is 5.69 Å². The summed E-state index contributed by atoms with van der Waals surface area (Å²) < 4.78 is 2.16. The van der Waals surface area contributed by atoms with Crippen LogP contribution in [0.1, 0.15) is 40.9 Å². The van der Waals surface area contributed by atoms with Gasteiger partial charge >= 0.3 is 0 Å². The van der Waals surface area contributed by atoms with E-state index in [1.807, 2.05) is 0 Å². The fourth-order valence-electron chi connectivity index (χ4n) is 5.77. The van der Waals surface area contributed by atoms with Crippen LogP contribution >= 0.6 is 0 Å². The predicted molar refractivity (Wildman–Crippen MR) is 133 cm³/mol. The molecule has 4 heterocycles. The van der Waals surface area contributed by atoms with Crippen LogP contribution in [0.2, 0.25) is 0 Å². The number of amidine groups is 1. The number of aromatic nitrogens is 2. The Labute approximate surface area is 195 Å². The highest BCUT2D eigenvalue weighted by Crippen LogP contribution is 2.39. The predicted octanol–water partition coefficient (Wildman–Crippen LogP) is 4.03. The van der Waals surface area contributed by atoms with Crippen LogP contribution in [0.25, 0.3) is 0 Å². The zero-order valence-corrected chi connectivity index (χ0v) is 19.6. The molecule has 1 spiro atoms. The number of para-hydroxylation sites is 1. The molecule has 0 unspecified atom stereocenters. The largest absolute Gasteiger partial charge is 0.362 e. The zero-order chi connectivity index (χ0) is 22.4. The lowest BCUT2D eigenvalue weighted by Crippen LogP contribution is -2.63. The van der Waals surface area contributed by atoms with Crippen molar-refractivity contribution in [1.82, 2.24) is 19.6 Å². The summed E-state index contributed by atoms with van der Waals surface area (Å²) in [5.74, 6) is 1.19. The number of hydrogen-bond donors (Lipinski definition) is 1. The number of piperidine rings is 1. The number of hydrogen-bond acceptors (Lipinski definition) is 5. The standard InChI is InChI=1S/C27H32N6/c1-20-24(21(2)33(30-20)18-22-8-4-3-5-9-22)19-31-15-12-27(13-16-31)29-25-11-7-6-10-23(25)26-28-14-17-32(26)27/h3-11,29H,12-19H2,1-2H3. The molecule has 6 rings (SSSR count). The maximum atomic E-state index is 4.88. The molecule has 3 aromatic rings. The molecule has 1 aromatic heterocycles. The number of likely N-dealkylation sites (tertiary alicyclic amines) is 1. The third-order valence-corrected chi connectivity index (χ3v) is 7.66. The van der Waals surface area contributed by atoms with E-state index in [1.54, 1.807) is 0 Å². The van der Waals surface area contributed by atoms with Gasteiger partial charge < -0.3 is 10.2 Å². The van der Waals surface area contributed by atoms with Crippen LogP contribution in [0.3, 0.4) is 0 Å². The van der Waals surface area contributed by atoms with Crippen molar-refractivity contribution in [3.05, 3.63) is 82.7 Å². The number of anilines is 1. The molecule has 33 heavy (non-hydrogen) atoms. The first kappa shape index (κ1) is 20.5. The summed E-state index contributed by atoms with van der Waals surface area (Å²) in [5.41, 5.74) is 7.59. The number of nitrogens with zero attached hydrogens (tertiary/aromatic N) is 5. The number of aryl methyl sites for hydroxylation is 1. The van der Waals surface area contributed by atoms with Crippen LogP contribution in [0.5, 0.6) is 0 Å². The fraction of sp³-hybridized carbons (Fsp3) is 0.407. The number of aliphatic imine (C=N–C) groups is 1. The third-order valence-electron chi connectivity index (χ3n) is 7.66. The van der Waals surface area contributed by atoms with E-state index in [0.717, 1.165) is 57.8 Å². The Bertz CT molecular complexity index is 1190. The molecule has 3 aliphatic rings. The van der Waals surface area contributed by atoms with Crippen LogP contribution < -0.4 is 5.32 Å². The summed E-state index contributed by atoms with van der Waals surface area (Å²) in [6.07, 6.45) is 2.19. The van der Waals surface area contributed by atoms with Crippen LogP contribution in [0, 0.1) is 13.8 Å². The van der Waals surface area contributed by atoms with E-state index in [4.69, 9.17) is 10.1 Å². The SMILES string of the molecule is Cc1nn(Cc2ccccc2)c(C)c1CN1CCC2(CC1)Nc1ccccc1C1=NCCN12. The third kappa shape index (κ3) is 3.53. The van der Waals surface area contributed by atoms with Gasteiger partial charge in [0, 0.05) is 61.5 Å². The lowest BCUT2D eigenvalue weighted by molar-refractivity contribution is 0.0893. The van der Waals surface area contributed by atoms with E-state index >= 15 is 0 Å². The van der Waals surface area contributed by atoms with Crippen molar-refractivity contribution in [2.45, 2.75) is 45.4 Å². The molecule has 2 aromatic carbocycles. The Hall–Kier alpha value is -3.12. The Morgan fingerprint density at radius 3 is 2.48 bits per heavy atom. The van der Waals surface area contributed by atoms with E-state index in [1.165, 1.54) is 33.9 Å². The number of benzene rings is 2. The second kappa shape index (κ2) is 8.03. The van der Waals surface area contributed by atoms with E-state index in [2.05, 4.69) is 88.2 Å². The van der Waals surface area contributed by atoms with Gasteiger partial charge in [0.15, 0.2) is 0 Å². The van der Waals surface area contributed by atoms with Crippen LogP contribution in [-0.2, 0) is 13.1 Å². The summed E-state index contributed by atoms with van der Waals surface area (Å²) in [6.45, 7) is 10.2. The minimum atomic E-state index is -0.0121. The summed E-state index contributed by atoms with van der Waals surface area (Å²) in [6, 6.07) is 19.2. The van der Waals surface area contributed by atoms with Crippen molar-refractivity contribution in [3.8, 4) is 0 Å². The summed E-state index contributed by atoms with van der Waals surface area (Å²) in [7, 11) is 0. The molecule has 3 aliphatic heterocycles. The maximum absolute atomic E-state index is 4.88. The first-order chi connectivity index (χ1) is 16.1. The van der Waals surface area contributed by atoms with Crippen LogP contribution in [0.15, 0.2) is 59.6 Å². The number of nitrogens with one attached hydrogen (secondary N) is 1. The minimum absolute atomic E-state index is 0.0121. The quantitative estimate of drug-likeness (QED) is 0.666. The van der Waals surface area contributed by atoms with Crippen molar-refractivity contribution in [1.29, 1.82) is 0 Å². The zero-order valence-electron chi connectivity index (χ0n) is 19.6. The van der Waals surface area contributed by atoms with Gasteiger partial charge in [0.1, 0.15) is 11.5 Å². The molecule has 6 nitrogen and oxygen atoms in total. The highest BCUT2D eigenvalue weighted by atomic mass is 15.4. The molecular formula is C27H32N6. The van der Waals surface area contributed by atoms with Gasteiger partial charge in [-0.3, -0.25) is 14.6 Å². The van der Waals surface area contributed by atoms with Gasteiger partial charge in [0.05, 0.1) is 18.8 Å². The van der Waals surface area contributed by atoms with Crippen molar-refractivity contribution in [2.75, 3.05) is 31.5 Å². The molecule has 1 saturated heterocycles. The van der Waals surface area contributed by atoms with Crippen LogP contribution in [-0.4, -0.2) is 57.3 Å².